The van der Waals surface area contributed by atoms with Crippen molar-refractivity contribution < 1.29 is 14.7 Å². The quantitative estimate of drug-likeness (QED) is 0.257. The van der Waals surface area contributed by atoms with Crippen LogP contribution in [-0.4, -0.2) is 29.2 Å². The first-order valence-electron chi connectivity index (χ1n) is 11.3. The Labute approximate surface area is 171 Å². The fraction of sp³-hybridized carbons (Fsp3) is 0.826. The van der Waals surface area contributed by atoms with Crippen LogP contribution in [0.2, 0.25) is 0 Å². The van der Waals surface area contributed by atoms with Gasteiger partial charge in [-0.05, 0) is 44.4 Å². The van der Waals surface area contributed by atoms with Gasteiger partial charge in [-0.1, -0.05) is 70.9 Å². The van der Waals surface area contributed by atoms with Crippen molar-refractivity contribution in [2.75, 3.05) is 6.54 Å². The number of nitrogens with one attached hydrogen (secondary N) is 2. The van der Waals surface area contributed by atoms with Gasteiger partial charge >= 0.3 is 12.0 Å². The summed E-state index contributed by atoms with van der Waals surface area (Å²) in [4.78, 5) is 22.7. The van der Waals surface area contributed by atoms with Crippen LogP contribution in [0.15, 0.2) is 12.2 Å². The lowest BCUT2D eigenvalue weighted by molar-refractivity contribution is -0.137. The van der Waals surface area contributed by atoms with Crippen LogP contribution in [0.5, 0.6) is 0 Å². The standard InChI is InChI=1S/C23H42N2O3/c1-4-23(17-19(2)16-20(3)18-23)25-22(28)24-15-13-11-9-7-5-6-8-10-12-14-21(26)27/h20H,2,4-18H2,1,3H3,(H,26,27)(H2,24,25,28). The summed E-state index contributed by atoms with van der Waals surface area (Å²) in [5.74, 6) is -0.107. The molecular formula is C23H42N2O3. The van der Waals surface area contributed by atoms with E-state index in [9.17, 15) is 9.59 Å². The Morgan fingerprint density at radius 3 is 2.18 bits per heavy atom. The van der Waals surface area contributed by atoms with Crippen LogP contribution in [0.25, 0.3) is 0 Å². The number of urea groups is 1. The van der Waals surface area contributed by atoms with Crippen LogP contribution in [0.3, 0.4) is 0 Å². The van der Waals surface area contributed by atoms with Gasteiger partial charge in [-0.15, -0.1) is 0 Å². The molecule has 5 nitrogen and oxygen atoms in total. The normalized spacial score (nSPS) is 22.1. The number of carboxylic acid groups (broad SMARTS) is 1. The molecule has 0 spiro atoms. The summed E-state index contributed by atoms with van der Waals surface area (Å²) >= 11 is 0. The first-order chi connectivity index (χ1) is 13.4. The Bertz CT molecular complexity index is 492. The van der Waals surface area contributed by atoms with Gasteiger partial charge in [-0.2, -0.15) is 0 Å². The molecule has 0 bridgehead atoms. The number of amides is 2. The molecule has 1 rings (SSSR count). The summed E-state index contributed by atoms with van der Waals surface area (Å²) < 4.78 is 0. The molecule has 2 atom stereocenters. The van der Waals surface area contributed by atoms with Crippen molar-refractivity contribution in [2.24, 2.45) is 5.92 Å². The van der Waals surface area contributed by atoms with Gasteiger partial charge in [-0.3, -0.25) is 4.79 Å². The molecule has 2 unspecified atom stereocenters. The maximum absolute atomic E-state index is 12.3. The van der Waals surface area contributed by atoms with E-state index >= 15 is 0 Å². The smallest absolute Gasteiger partial charge is 0.315 e. The fourth-order valence-electron chi connectivity index (χ4n) is 4.43. The second-order valence-corrected chi connectivity index (χ2v) is 8.78. The highest BCUT2D eigenvalue weighted by atomic mass is 16.4. The Kier molecular flexibility index (Phi) is 11.9. The van der Waals surface area contributed by atoms with E-state index in [1.54, 1.807) is 0 Å². The van der Waals surface area contributed by atoms with Gasteiger partial charge < -0.3 is 15.7 Å². The van der Waals surface area contributed by atoms with Gasteiger partial charge in [0.25, 0.3) is 0 Å². The van der Waals surface area contributed by atoms with E-state index in [0.29, 0.717) is 12.3 Å². The zero-order valence-corrected chi connectivity index (χ0v) is 18.2. The molecule has 3 N–H and O–H groups in total. The van der Waals surface area contributed by atoms with Gasteiger partial charge in [0.2, 0.25) is 0 Å². The Morgan fingerprint density at radius 1 is 1.07 bits per heavy atom. The highest BCUT2D eigenvalue weighted by molar-refractivity contribution is 5.74. The molecule has 0 aliphatic heterocycles. The third-order valence-corrected chi connectivity index (χ3v) is 5.87. The average Bonchev–Trinajstić information content (AvgIpc) is 2.61. The van der Waals surface area contributed by atoms with Crippen molar-refractivity contribution in [1.29, 1.82) is 0 Å². The number of hydrogen-bond acceptors (Lipinski definition) is 2. The SMILES string of the molecule is C=C1CC(C)CC(CC)(NC(=O)NCCCCCCCCCCCC(=O)O)C1. The lowest BCUT2D eigenvalue weighted by atomic mass is 9.73. The van der Waals surface area contributed by atoms with Crippen LogP contribution in [-0.2, 0) is 4.79 Å². The number of aliphatic carboxylic acids is 1. The molecule has 1 aliphatic rings. The molecule has 1 fully saturated rings. The monoisotopic (exact) mass is 394 g/mol. The Morgan fingerprint density at radius 2 is 1.64 bits per heavy atom. The number of rotatable bonds is 14. The van der Waals surface area contributed by atoms with Gasteiger partial charge in [0.1, 0.15) is 0 Å². The predicted molar refractivity (Wildman–Crippen MR) is 116 cm³/mol. The lowest BCUT2D eigenvalue weighted by Crippen LogP contribution is -2.54. The highest BCUT2D eigenvalue weighted by Gasteiger charge is 2.36. The predicted octanol–water partition coefficient (Wildman–Crippen LogP) is 5.80. The largest absolute Gasteiger partial charge is 0.481 e. The number of carboxylic acids is 1. The molecule has 28 heavy (non-hydrogen) atoms. The van der Waals surface area contributed by atoms with Crippen molar-refractivity contribution in [3.63, 3.8) is 0 Å². The molecule has 0 aromatic rings. The van der Waals surface area contributed by atoms with Crippen LogP contribution in [0.1, 0.15) is 104 Å². The Balaban J connectivity index is 2.02. The van der Waals surface area contributed by atoms with Gasteiger partial charge in [-0.25, -0.2) is 4.79 Å². The second kappa shape index (κ2) is 13.6. The number of carbonyl (C=O) groups is 2. The Hall–Kier alpha value is -1.52. The van der Waals surface area contributed by atoms with Crippen molar-refractivity contribution >= 4 is 12.0 Å². The number of carbonyl (C=O) groups excluding carboxylic acids is 1. The van der Waals surface area contributed by atoms with E-state index in [-0.39, 0.29) is 11.6 Å². The van der Waals surface area contributed by atoms with Crippen molar-refractivity contribution in [3.05, 3.63) is 12.2 Å². The molecule has 0 radical (unpaired) electrons. The molecule has 0 aromatic heterocycles. The minimum atomic E-state index is -0.689. The maximum atomic E-state index is 12.3. The first-order valence-corrected chi connectivity index (χ1v) is 11.3. The molecule has 0 aromatic carbocycles. The third kappa shape index (κ3) is 10.7. The summed E-state index contributed by atoms with van der Waals surface area (Å²) in [5.41, 5.74) is 1.13. The van der Waals surface area contributed by atoms with E-state index in [0.717, 1.165) is 64.3 Å². The summed E-state index contributed by atoms with van der Waals surface area (Å²) in [6, 6.07) is -0.0369. The van der Waals surface area contributed by atoms with E-state index in [1.165, 1.54) is 31.3 Å². The summed E-state index contributed by atoms with van der Waals surface area (Å²) in [6.07, 6.45) is 14.2. The zero-order chi connectivity index (χ0) is 20.8. The van der Waals surface area contributed by atoms with Crippen LogP contribution >= 0.6 is 0 Å². The van der Waals surface area contributed by atoms with Crippen molar-refractivity contribution in [2.45, 2.75) is 109 Å². The molecule has 162 valence electrons. The summed E-state index contributed by atoms with van der Waals surface area (Å²) in [7, 11) is 0. The van der Waals surface area contributed by atoms with E-state index in [4.69, 9.17) is 5.11 Å². The van der Waals surface area contributed by atoms with Crippen molar-refractivity contribution in [3.8, 4) is 0 Å². The fourth-order valence-corrected chi connectivity index (χ4v) is 4.43. The molecule has 0 saturated heterocycles. The number of unbranched alkanes of at least 4 members (excludes halogenated alkanes) is 8. The van der Waals surface area contributed by atoms with E-state index in [2.05, 4.69) is 31.1 Å². The van der Waals surface area contributed by atoms with Crippen LogP contribution < -0.4 is 10.6 Å². The average molecular weight is 395 g/mol. The topological polar surface area (TPSA) is 78.4 Å². The molecular weight excluding hydrogens is 352 g/mol. The molecule has 1 saturated carbocycles. The summed E-state index contributed by atoms with van der Waals surface area (Å²) in [6.45, 7) is 9.28. The first kappa shape index (κ1) is 24.5. The third-order valence-electron chi connectivity index (χ3n) is 5.87. The van der Waals surface area contributed by atoms with Crippen LogP contribution in [0.4, 0.5) is 4.79 Å². The molecule has 0 heterocycles. The number of hydrogen-bond donors (Lipinski definition) is 3. The minimum absolute atomic E-state index is 0.0369. The van der Waals surface area contributed by atoms with Crippen LogP contribution in [0, 0.1) is 5.92 Å². The lowest BCUT2D eigenvalue weighted by Gasteiger charge is -2.41. The minimum Gasteiger partial charge on any atom is -0.481 e. The molecule has 1 aliphatic carbocycles. The van der Waals surface area contributed by atoms with Gasteiger partial charge in [0.15, 0.2) is 0 Å². The molecule has 2 amide bonds. The molecule has 5 heteroatoms. The van der Waals surface area contributed by atoms with Crippen molar-refractivity contribution in [1.82, 2.24) is 10.6 Å². The maximum Gasteiger partial charge on any atom is 0.315 e. The summed E-state index contributed by atoms with van der Waals surface area (Å²) in [5, 5.41) is 14.8. The van der Waals surface area contributed by atoms with Gasteiger partial charge in [0.05, 0.1) is 0 Å². The zero-order valence-electron chi connectivity index (χ0n) is 18.2. The van der Waals surface area contributed by atoms with Gasteiger partial charge in [0, 0.05) is 18.5 Å². The second-order valence-electron chi connectivity index (χ2n) is 8.78. The van der Waals surface area contributed by atoms with E-state index in [1.807, 2.05) is 0 Å². The highest BCUT2D eigenvalue weighted by Crippen LogP contribution is 2.36. The van der Waals surface area contributed by atoms with E-state index < -0.39 is 5.97 Å².